The highest BCUT2D eigenvalue weighted by Gasteiger charge is 2.13. The molecule has 0 saturated carbocycles. The van der Waals surface area contributed by atoms with Crippen LogP contribution in [0.1, 0.15) is 18.4 Å². The van der Waals surface area contributed by atoms with Crippen LogP contribution in [0.3, 0.4) is 0 Å². The van der Waals surface area contributed by atoms with E-state index >= 15 is 0 Å². The highest BCUT2D eigenvalue weighted by Crippen LogP contribution is 2.13. The molecule has 1 aliphatic rings. The Hall–Kier alpha value is -1.81. The van der Waals surface area contributed by atoms with Crippen molar-refractivity contribution in [2.24, 2.45) is 5.92 Å². The van der Waals surface area contributed by atoms with Crippen molar-refractivity contribution in [3.8, 4) is 0 Å². The fourth-order valence-electron chi connectivity index (χ4n) is 2.33. The zero-order valence-electron chi connectivity index (χ0n) is 12.8. The number of hydrogen-bond acceptors (Lipinski definition) is 3. The van der Waals surface area contributed by atoms with Gasteiger partial charge in [0, 0.05) is 39.0 Å². The SMILES string of the molecule is CN(C)c1ccc(/C=C\C(=O)NC[C@H]2CCCOC2)cc1. The van der Waals surface area contributed by atoms with Crippen molar-refractivity contribution in [1.82, 2.24) is 5.32 Å². The summed E-state index contributed by atoms with van der Waals surface area (Å²) in [6.07, 6.45) is 5.66. The van der Waals surface area contributed by atoms with E-state index < -0.39 is 0 Å². The van der Waals surface area contributed by atoms with Crippen LogP contribution >= 0.6 is 0 Å². The van der Waals surface area contributed by atoms with Crippen molar-refractivity contribution in [3.63, 3.8) is 0 Å². The van der Waals surface area contributed by atoms with Crippen LogP contribution in [-0.4, -0.2) is 39.8 Å². The topological polar surface area (TPSA) is 41.6 Å². The number of hydrogen-bond donors (Lipinski definition) is 1. The van der Waals surface area contributed by atoms with E-state index in [0.717, 1.165) is 37.3 Å². The Morgan fingerprint density at radius 1 is 1.38 bits per heavy atom. The molecule has 21 heavy (non-hydrogen) atoms. The van der Waals surface area contributed by atoms with Gasteiger partial charge in [0.25, 0.3) is 0 Å². The van der Waals surface area contributed by atoms with Crippen molar-refractivity contribution >= 4 is 17.7 Å². The third kappa shape index (κ3) is 5.23. The summed E-state index contributed by atoms with van der Waals surface area (Å²) < 4.78 is 5.40. The minimum Gasteiger partial charge on any atom is -0.381 e. The first-order valence-corrected chi connectivity index (χ1v) is 7.46. The molecule has 1 fully saturated rings. The van der Waals surface area contributed by atoms with Crippen molar-refractivity contribution in [1.29, 1.82) is 0 Å². The Morgan fingerprint density at radius 3 is 2.76 bits per heavy atom. The van der Waals surface area contributed by atoms with Gasteiger partial charge in [-0.3, -0.25) is 4.79 Å². The van der Waals surface area contributed by atoms with Crippen molar-refractivity contribution < 1.29 is 9.53 Å². The molecule has 114 valence electrons. The number of carbonyl (C=O) groups excluding carboxylic acids is 1. The predicted molar refractivity (Wildman–Crippen MR) is 86.4 cm³/mol. The van der Waals surface area contributed by atoms with Crippen LogP contribution in [0.4, 0.5) is 5.69 Å². The molecule has 1 N–H and O–H groups in total. The van der Waals surface area contributed by atoms with Crippen LogP contribution in [0, 0.1) is 5.92 Å². The lowest BCUT2D eigenvalue weighted by atomic mass is 10.0. The maximum Gasteiger partial charge on any atom is 0.244 e. The van der Waals surface area contributed by atoms with Gasteiger partial charge in [0.2, 0.25) is 5.91 Å². The van der Waals surface area contributed by atoms with Gasteiger partial charge in [0.15, 0.2) is 0 Å². The number of carbonyl (C=O) groups is 1. The molecule has 1 heterocycles. The molecule has 0 unspecified atom stereocenters. The highest BCUT2D eigenvalue weighted by atomic mass is 16.5. The molecule has 1 atom stereocenters. The van der Waals surface area contributed by atoms with Crippen molar-refractivity contribution in [3.05, 3.63) is 35.9 Å². The van der Waals surface area contributed by atoms with E-state index in [0.29, 0.717) is 12.5 Å². The molecular formula is C17H24N2O2. The molecule has 1 aromatic rings. The number of amides is 1. The zero-order chi connectivity index (χ0) is 15.1. The largest absolute Gasteiger partial charge is 0.381 e. The molecule has 2 rings (SSSR count). The molecule has 1 aliphatic heterocycles. The van der Waals surface area contributed by atoms with Crippen LogP contribution in [0.25, 0.3) is 6.08 Å². The summed E-state index contributed by atoms with van der Waals surface area (Å²) in [5, 5.41) is 2.94. The Bertz CT molecular complexity index is 474. The van der Waals surface area contributed by atoms with Crippen molar-refractivity contribution in [2.45, 2.75) is 12.8 Å². The van der Waals surface area contributed by atoms with E-state index in [4.69, 9.17) is 4.74 Å². The maximum absolute atomic E-state index is 11.8. The normalized spacial score (nSPS) is 18.7. The summed E-state index contributed by atoms with van der Waals surface area (Å²) in [6, 6.07) is 8.09. The second kappa shape index (κ2) is 7.84. The summed E-state index contributed by atoms with van der Waals surface area (Å²) in [6.45, 7) is 2.31. The van der Waals surface area contributed by atoms with Gasteiger partial charge < -0.3 is 15.0 Å². The lowest BCUT2D eigenvalue weighted by Crippen LogP contribution is -2.32. The third-order valence-corrected chi connectivity index (χ3v) is 3.66. The molecule has 0 aromatic heterocycles. The number of nitrogens with zero attached hydrogens (tertiary/aromatic N) is 1. The van der Waals surface area contributed by atoms with Gasteiger partial charge in [-0.2, -0.15) is 0 Å². The maximum atomic E-state index is 11.8. The first-order chi connectivity index (χ1) is 10.1. The number of ether oxygens (including phenoxy) is 1. The molecule has 1 saturated heterocycles. The van der Waals surface area contributed by atoms with Gasteiger partial charge in [0.05, 0.1) is 6.61 Å². The van der Waals surface area contributed by atoms with Gasteiger partial charge in [-0.25, -0.2) is 0 Å². The molecule has 0 radical (unpaired) electrons. The fourth-order valence-corrected chi connectivity index (χ4v) is 2.33. The van der Waals surface area contributed by atoms with Crippen LogP contribution in [-0.2, 0) is 9.53 Å². The number of nitrogens with one attached hydrogen (secondary N) is 1. The Balaban J connectivity index is 1.78. The monoisotopic (exact) mass is 288 g/mol. The summed E-state index contributed by atoms with van der Waals surface area (Å²) in [5.41, 5.74) is 2.17. The molecule has 4 heteroatoms. The van der Waals surface area contributed by atoms with Crippen molar-refractivity contribution in [2.75, 3.05) is 38.8 Å². The van der Waals surface area contributed by atoms with E-state index in [1.807, 2.05) is 49.3 Å². The second-order valence-electron chi connectivity index (χ2n) is 5.65. The van der Waals surface area contributed by atoms with Crippen LogP contribution < -0.4 is 10.2 Å². The summed E-state index contributed by atoms with van der Waals surface area (Å²) in [4.78, 5) is 13.8. The average Bonchev–Trinajstić information content (AvgIpc) is 2.52. The van der Waals surface area contributed by atoms with E-state index in [1.165, 1.54) is 0 Å². The van der Waals surface area contributed by atoms with Crippen LogP contribution in [0.15, 0.2) is 30.3 Å². The number of rotatable bonds is 5. The molecule has 0 bridgehead atoms. The fraction of sp³-hybridized carbons (Fsp3) is 0.471. The minimum absolute atomic E-state index is 0.0442. The molecule has 1 amide bonds. The zero-order valence-corrected chi connectivity index (χ0v) is 12.8. The molecule has 4 nitrogen and oxygen atoms in total. The van der Waals surface area contributed by atoms with Gasteiger partial charge in [-0.1, -0.05) is 12.1 Å². The first-order valence-electron chi connectivity index (χ1n) is 7.46. The number of anilines is 1. The lowest BCUT2D eigenvalue weighted by molar-refractivity contribution is -0.116. The number of benzene rings is 1. The molecule has 1 aromatic carbocycles. The van der Waals surface area contributed by atoms with Gasteiger partial charge in [-0.15, -0.1) is 0 Å². The summed E-state index contributed by atoms with van der Waals surface area (Å²) in [7, 11) is 4.01. The Morgan fingerprint density at radius 2 is 2.14 bits per heavy atom. The third-order valence-electron chi connectivity index (χ3n) is 3.66. The van der Waals surface area contributed by atoms with E-state index in [1.54, 1.807) is 6.08 Å². The summed E-state index contributed by atoms with van der Waals surface area (Å²) in [5.74, 6) is 0.410. The van der Waals surface area contributed by atoms with E-state index in [9.17, 15) is 4.79 Å². The molecule has 0 spiro atoms. The molecular weight excluding hydrogens is 264 g/mol. The minimum atomic E-state index is -0.0442. The van der Waals surface area contributed by atoms with E-state index in [2.05, 4.69) is 5.32 Å². The highest BCUT2D eigenvalue weighted by molar-refractivity contribution is 5.91. The summed E-state index contributed by atoms with van der Waals surface area (Å²) >= 11 is 0. The average molecular weight is 288 g/mol. The Kier molecular flexibility index (Phi) is 5.81. The van der Waals surface area contributed by atoms with Crippen LogP contribution in [0.5, 0.6) is 0 Å². The molecule has 0 aliphatic carbocycles. The predicted octanol–water partition coefficient (Wildman–Crippen LogP) is 2.31. The van der Waals surface area contributed by atoms with Gasteiger partial charge in [0.1, 0.15) is 0 Å². The van der Waals surface area contributed by atoms with Gasteiger partial charge in [-0.05, 0) is 42.5 Å². The smallest absolute Gasteiger partial charge is 0.244 e. The Labute approximate surface area is 126 Å². The van der Waals surface area contributed by atoms with Crippen LogP contribution in [0.2, 0.25) is 0 Å². The van der Waals surface area contributed by atoms with Gasteiger partial charge >= 0.3 is 0 Å². The van der Waals surface area contributed by atoms with E-state index in [-0.39, 0.29) is 5.91 Å². The first kappa shape index (κ1) is 15.6. The lowest BCUT2D eigenvalue weighted by Gasteiger charge is -2.21. The standard InChI is InChI=1S/C17H24N2O2/c1-19(2)16-8-5-14(6-9-16)7-10-17(20)18-12-15-4-3-11-21-13-15/h5-10,15H,3-4,11-13H2,1-2H3,(H,18,20)/b10-7-/t15-/m1/s1. The second-order valence-corrected chi connectivity index (χ2v) is 5.65. The quantitative estimate of drug-likeness (QED) is 0.845.